The van der Waals surface area contributed by atoms with E-state index in [0.717, 1.165) is 6.42 Å². The monoisotopic (exact) mass is 341 g/mol. The predicted molar refractivity (Wildman–Crippen MR) is 87.6 cm³/mol. The van der Waals surface area contributed by atoms with Gasteiger partial charge in [-0.1, -0.05) is 24.3 Å². The Bertz CT molecular complexity index is 739. The molecule has 1 heterocycles. The van der Waals surface area contributed by atoms with Crippen LogP contribution in [0.25, 0.3) is 0 Å². The molecule has 1 saturated carbocycles. The highest BCUT2D eigenvalue weighted by Gasteiger charge is 2.60. The second-order valence-electron chi connectivity index (χ2n) is 6.93. The van der Waals surface area contributed by atoms with Gasteiger partial charge in [-0.15, -0.1) is 0 Å². The van der Waals surface area contributed by atoms with Crippen LogP contribution in [0.3, 0.4) is 0 Å². The van der Waals surface area contributed by atoms with Gasteiger partial charge in [0.15, 0.2) is 0 Å². The number of carbonyl (C=O) groups excluding carboxylic acids is 2. The van der Waals surface area contributed by atoms with Crippen molar-refractivity contribution in [3.8, 4) is 5.75 Å². The molecule has 6 heteroatoms. The topological polar surface area (TPSA) is 83.9 Å². The first-order valence-electron chi connectivity index (χ1n) is 8.42. The molecule has 0 radical (unpaired) electrons. The maximum absolute atomic E-state index is 13.0. The lowest BCUT2D eigenvalue weighted by atomic mass is 9.85. The van der Waals surface area contributed by atoms with Crippen LogP contribution in [0.4, 0.5) is 0 Å². The molecule has 1 N–H and O–H groups in total. The summed E-state index contributed by atoms with van der Waals surface area (Å²) in [6.07, 6.45) is 4.61. The third-order valence-electron chi connectivity index (χ3n) is 5.68. The molecule has 1 saturated heterocycles. The van der Waals surface area contributed by atoms with E-state index in [1.807, 2.05) is 12.2 Å². The maximum atomic E-state index is 13.0. The first-order valence-corrected chi connectivity index (χ1v) is 8.42. The minimum absolute atomic E-state index is 0.109. The van der Waals surface area contributed by atoms with Gasteiger partial charge in [0.1, 0.15) is 5.75 Å². The van der Waals surface area contributed by atoms with Crippen molar-refractivity contribution >= 4 is 17.8 Å². The summed E-state index contributed by atoms with van der Waals surface area (Å²) in [6, 6.07) is 6.07. The number of likely N-dealkylation sites (tertiary alicyclic amines) is 1. The number of amides is 2. The quantitative estimate of drug-likeness (QED) is 0.654. The summed E-state index contributed by atoms with van der Waals surface area (Å²) in [4.78, 5) is 38.5. The molecule has 130 valence electrons. The van der Waals surface area contributed by atoms with Crippen molar-refractivity contribution < 1.29 is 24.2 Å². The van der Waals surface area contributed by atoms with Gasteiger partial charge in [0.25, 0.3) is 0 Å². The van der Waals surface area contributed by atoms with E-state index in [2.05, 4.69) is 0 Å². The largest absolute Gasteiger partial charge is 0.497 e. The van der Waals surface area contributed by atoms with E-state index < -0.39 is 12.0 Å². The van der Waals surface area contributed by atoms with Gasteiger partial charge in [-0.25, -0.2) is 0 Å². The van der Waals surface area contributed by atoms with E-state index in [9.17, 15) is 19.5 Å². The second kappa shape index (κ2) is 5.72. The average molecular weight is 341 g/mol. The van der Waals surface area contributed by atoms with Crippen LogP contribution in [0, 0.1) is 23.7 Å². The van der Waals surface area contributed by atoms with Gasteiger partial charge in [-0.3, -0.25) is 19.3 Å². The minimum Gasteiger partial charge on any atom is -0.497 e. The van der Waals surface area contributed by atoms with E-state index in [1.54, 1.807) is 31.4 Å². The van der Waals surface area contributed by atoms with E-state index in [1.165, 1.54) is 4.90 Å². The summed E-state index contributed by atoms with van der Waals surface area (Å²) in [7, 11) is 1.54. The lowest BCUT2D eigenvalue weighted by Crippen LogP contribution is -2.37. The number of aliphatic carboxylic acids is 1. The lowest BCUT2D eigenvalue weighted by molar-refractivity contribution is -0.146. The Kier molecular flexibility index (Phi) is 3.63. The molecule has 5 atom stereocenters. The average Bonchev–Trinajstić information content (AvgIpc) is 3.27. The van der Waals surface area contributed by atoms with Gasteiger partial charge in [0.2, 0.25) is 11.8 Å². The number of benzene rings is 1. The summed E-state index contributed by atoms with van der Waals surface area (Å²) in [5, 5.41) is 9.31. The number of allylic oxidation sites excluding steroid dienone is 2. The molecular weight excluding hydrogens is 322 g/mol. The zero-order valence-corrected chi connectivity index (χ0v) is 13.8. The molecule has 2 aliphatic carbocycles. The first kappa shape index (κ1) is 15.9. The van der Waals surface area contributed by atoms with Crippen LogP contribution in [0.1, 0.15) is 24.4 Å². The molecule has 25 heavy (non-hydrogen) atoms. The summed E-state index contributed by atoms with van der Waals surface area (Å²) in [5.74, 6) is -1.29. The fourth-order valence-electron chi connectivity index (χ4n) is 4.58. The highest BCUT2D eigenvalue weighted by Crippen LogP contribution is 2.54. The molecule has 6 nitrogen and oxygen atoms in total. The Morgan fingerprint density at radius 2 is 1.72 bits per heavy atom. The fourth-order valence-corrected chi connectivity index (χ4v) is 4.58. The Morgan fingerprint density at radius 1 is 1.16 bits per heavy atom. The Balaban J connectivity index is 1.69. The summed E-state index contributed by atoms with van der Waals surface area (Å²) in [5.41, 5.74) is 0.630. The third kappa shape index (κ3) is 2.35. The van der Waals surface area contributed by atoms with Crippen molar-refractivity contribution in [3.05, 3.63) is 42.0 Å². The van der Waals surface area contributed by atoms with Crippen molar-refractivity contribution in [2.24, 2.45) is 23.7 Å². The van der Waals surface area contributed by atoms with Crippen LogP contribution >= 0.6 is 0 Å². The van der Waals surface area contributed by atoms with Crippen LogP contribution in [0.2, 0.25) is 0 Å². The highest BCUT2D eigenvalue weighted by atomic mass is 16.5. The van der Waals surface area contributed by atoms with Crippen LogP contribution in [0.15, 0.2) is 36.4 Å². The van der Waals surface area contributed by atoms with Crippen LogP contribution < -0.4 is 4.74 Å². The maximum Gasteiger partial charge on any atom is 0.305 e. The number of hydrogen-bond acceptors (Lipinski definition) is 4. The Morgan fingerprint density at radius 3 is 2.20 bits per heavy atom. The molecule has 2 fully saturated rings. The number of carboxylic acid groups (broad SMARTS) is 1. The Hall–Kier alpha value is -2.63. The summed E-state index contributed by atoms with van der Waals surface area (Å²) < 4.78 is 5.12. The summed E-state index contributed by atoms with van der Waals surface area (Å²) in [6.45, 7) is 0. The van der Waals surface area contributed by atoms with Gasteiger partial charge in [0, 0.05) is 0 Å². The van der Waals surface area contributed by atoms with E-state index >= 15 is 0 Å². The molecule has 3 aliphatic rings. The molecule has 2 bridgehead atoms. The van der Waals surface area contributed by atoms with Crippen LogP contribution in [-0.4, -0.2) is 34.9 Å². The van der Waals surface area contributed by atoms with Crippen molar-refractivity contribution in [2.75, 3.05) is 7.11 Å². The van der Waals surface area contributed by atoms with Crippen molar-refractivity contribution in [3.63, 3.8) is 0 Å². The number of nitrogens with zero attached hydrogens (tertiary/aromatic N) is 1. The lowest BCUT2D eigenvalue weighted by Gasteiger charge is -2.27. The molecule has 4 rings (SSSR count). The van der Waals surface area contributed by atoms with Crippen molar-refractivity contribution in [2.45, 2.75) is 18.9 Å². The number of carbonyl (C=O) groups is 3. The molecule has 0 aromatic heterocycles. The number of imide groups is 1. The zero-order chi connectivity index (χ0) is 17.7. The van der Waals surface area contributed by atoms with Crippen LogP contribution in [-0.2, 0) is 14.4 Å². The number of fused-ring (bicyclic) bond motifs is 5. The zero-order valence-electron chi connectivity index (χ0n) is 13.8. The van der Waals surface area contributed by atoms with Gasteiger partial charge in [0.05, 0.1) is 31.4 Å². The van der Waals surface area contributed by atoms with Crippen molar-refractivity contribution in [1.82, 2.24) is 4.90 Å². The van der Waals surface area contributed by atoms with E-state index in [4.69, 9.17) is 4.74 Å². The molecule has 1 aliphatic heterocycles. The number of hydrogen-bond donors (Lipinski definition) is 1. The Labute approximate surface area is 145 Å². The standard InChI is InChI=1S/C19H19NO5/c1-25-13-6-4-10(5-7-13)14(9-15(21)22)20-18(23)16-11-2-3-12(8-11)17(16)19(20)24/h2-7,11-12,14,16-17H,8-9H2,1H3,(H,21,22). The van der Waals surface area contributed by atoms with Gasteiger partial charge >= 0.3 is 5.97 Å². The molecule has 1 aromatic carbocycles. The number of ether oxygens (including phenoxy) is 1. The molecule has 1 aromatic rings. The summed E-state index contributed by atoms with van der Waals surface area (Å²) >= 11 is 0. The van der Waals surface area contributed by atoms with Gasteiger partial charge in [-0.05, 0) is 36.0 Å². The molecular formula is C19H19NO5. The molecule has 5 unspecified atom stereocenters. The van der Waals surface area contributed by atoms with Gasteiger partial charge in [-0.2, -0.15) is 0 Å². The minimum atomic E-state index is -1.04. The van der Waals surface area contributed by atoms with Crippen LogP contribution in [0.5, 0.6) is 5.75 Å². The number of rotatable bonds is 5. The normalized spacial score (nSPS) is 30.7. The predicted octanol–water partition coefficient (Wildman–Crippen LogP) is 2.02. The van der Waals surface area contributed by atoms with Gasteiger partial charge < -0.3 is 9.84 Å². The molecule has 0 spiro atoms. The second-order valence-corrected chi connectivity index (χ2v) is 6.93. The number of carboxylic acids is 1. The van der Waals surface area contributed by atoms with E-state index in [-0.39, 0.29) is 41.9 Å². The fraction of sp³-hybridized carbons (Fsp3) is 0.421. The smallest absolute Gasteiger partial charge is 0.305 e. The third-order valence-corrected chi connectivity index (χ3v) is 5.68. The van der Waals surface area contributed by atoms with E-state index in [0.29, 0.717) is 11.3 Å². The highest BCUT2D eigenvalue weighted by molar-refractivity contribution is 6.07. The van der Waals surface area contributed by atoms with Crippen molar-refractivity contribution in [1.29, 1.82) is 0 Å². The SMILES string of the molecule is COc1ccc(C(CC(=O)O)N2C(=O)C3C4C=CC(C4)C3C2=O)cc1. The molecule has 2 amide bonds. The number of methoxy groups -OCH3 is 1. The first-order chi connectivity index (χ1) is 12.0.